The Hall–Kier alpha value is -1.78. The zero-order valence-corrected chi connectivity index (χ0v) is 11.8. The maximum atomic E-state index is 6.16. The number of para-hydroxylation sites is 1. The average molecular weight is 291 g/mol. The van der Waals surface area contributed by atoms with Crippen LogP contribution in [0.25, 0.3) is 10.2 Å². The van der Waals surface area contributed by atoms with E-state index in [-0.39, 0.29) is 0 Å². The van der Waals surface area contributed by atoms with Gasteiger partial charge in [0.1, 0.15) is 5.75 Å². The number of thiazole rings is 1. The number of rotatable bonds is 3. The number of halogens is 1. The highest BCUT2D eigenvalue weighted by Gasteiger charge is 2.07. The average Bonchev–Trinajstić information content (AvgIpc) is 2.83. The van der Waals surface area contributed by atoms with Crippen LogP contribution in [0, 0.1) is 0 Å². The number of benzene rings is 2. The molecule has 96 valence electrons. The number of methoxy groups -OCH3 is 1. The Balaban J connectivity index is 1.96. The summed E-state index contributed by atoms with van der Waals surface area (Å²) in [6.07, 6.45) is 0. The Labute approximate surface area is 119 Å². The lowest BCUT2D eigenvalue weighted by Gasteiger charge is -2.07. The molecule has 3 nitrogen and oxygen atoms in total. The molecule has 19 heavy (non-hydrogen) atoms. The van der Waals surface area contributed by atoms with Gasteiger partial charge in [-0.25, -0.2) is 4.98 Å². The fourth-order valence-corrected chi connectivity index (χ4v) is 2.81. The Morgan fingerprint density at radius 1 is 1.21 bits per heavy atom. The van der Waals surface area contributed by atoms with Crippen molar-refractivity contribution in [2.75, 3.05) is 12.4 Å². The first-order valence-electron chi connectivity index (χ1n) is 5.72. The molecule has 2 aromatic carbocycles. The Bertz CT molecular complexity index is 693. The zero-order valence-electron chi connectivity index (χ0n) is 10.2. The van der Waals surface area contributed by atoms with E-state index in [0.29, 0.717) is 5.02 Å². The molecule has 0 atom stereocenters. The monoisotopic (exact) mass is 290 g/mol. The van der Waals surface area contributed by atoms with Crippen LogP contribution in [0.4, 0.5) is 10.8 Å². The predicted molar refractivity (Wildman–Crippen MR) is 80.9 cm³/mol. The molecule has 1 N–H and O–H groups in total. The quantitative estimate of drug-likeness (QED) is 0.759. The van der Waals surface area contributed by atoms with Crippen molar-refractivity contribution in [3.8, 4) is 5.75 Å². The van der Waals surface area contributed by atoms with Crippen molar-refractivity contribution < 1.29 is 4.74 Å². The molecule has 0 saturated heterocycles. The Kier molecular flexibility index (Phi) is 3.27. The largest absolute Gasteiger partial charge is 0.497 e. The van der Waals surface area contributed by atoms with Crippen molar-refractivity contribution in [1.82, 2.24) is 4.98 Å². The molecule has 0 aliphatic carbocycles. The lowest BCUT2D eigenvalue weighted by Crippen LogP contribution is -1.91. The predicted octanol–water partition coefficient (Wildman–Crippen LogP) is 4.70. The highest BCUT2D eigenvalue weighted by Crippen LogP contribution is 2.32. The fraction of sp³-hybridized carbons (Fsp3) is 0.0714. The van der Waals surface area contributed by atoms with Crippen molar-refractivity contribution in [3.63, 3.8) is 0 Å². The molecule has 0 bridgehead atoms. The van der Waals surface area contributed by atoms with Crippen LogP contribution >= 0.6 is 22.9 Å². The lowest BCUT2D eigenvalue weighted by molar-refractivity contribution is 0.415. The summed E-state index contributed by atoms with van der Waals surface area (Å²) >= 11 is 7.75. The van der Waals surface area contributed by atoms with Crippen molar-refractivity contribution >= 4 is 44.0 Å². The minimum atomic E-state index is 0.639. The first-order valence-corrected chi connectivity index (χ1v) is 6.92. The first-order chi connectivity index (χ1) is 9.26. The number of hydrogen-bond donors (Lipinski definition) is 1. The van der Waals surface area contributed by atoms with Gasteiger partial charge in [-0.3, -0.25) is 0 Å². The summed E-state index contributed by atoms with van der Waals surface area (Å²) in [4.78, 5) is 4.51. The summed E-state index contributed by atoms with van der Waals surface area (Å²) in [7, 11) is 1.63. The molecule has 1 aromatic heterocycles. The van der Waals surface area contributed by atoms with Crippen molar-refractivity contribution in [1.29, 1.82) is 0 Å². The molecule has 0 spiro atoms. The second kappa shape index (κ2) is 5.07. The summed E-state index contributed by atoms with van der Waals surface area (Å²) in [5, 5.41) is 4.69. The highest BCUT2D eigenvalue weighted by atomic mass is 35.5. The van der Waals surface area contributed by atoms with Crippen LogP contribution in [-0.2, 0) is 0 Å². The topological polar surface area (TPSA) is 34.1 Å². The second-order valence-corrected chi connectivity index (χ2v) is 5.40. The van der Waals surface area contributed by atoms with Crippen molar-refractivity contribution in [2.45, 2.75) is 0 Å². The van der Waals surface area contributed by atoms with Gasteiger partial charge < -0.3 is 10.1 Å². The van der Waals surface area contributed by atoms with Gasteiger partial charge in [-0.05, 0) is 24.3 Å². The molecule has 3 rings (SSSR count). The molecule has 0 radical (unpaired) electrons. The number of fused-ring (bicyclic) bond motifs is 1. The van der Waals surface area contributed by atoms with Gasteiger partial charge in [-0.2, -0.15) is 0 Å². The van der Waals surface area contributed by atoms with Gasteiger partial charge in [0.15, 0.2) is 5.13 Å². The van der Waals surface area contributed by atoms with Gasteiger partial charge in [0.05, 0.1) is 28.0 Å². The van der Waals surface area contributed by atoms with E-state index in [2.05, 4.69) is 10.3 Å². The zero-order chi connectivity index (χ0) is 13.2. The molecule has 0 aliphatic heterocycles. The van der Waals surface area contributed by atoms with Crippen molar-refractivity contribution in [2.24, 2.45) is 0 Å². The van der Waals surface area contributed by atoms with Crippen LogP contribution in [-0.4, -0.2) is 12.1 Å². The van der Waals surface area contributed by atoms with E-state index in [1.54, 1.807) is 24.5 Å². The number of ether oxygens (including phenoxy) is 1. The van der Waals surface area contributed by atoms with E-state index in [1.165, 1.54) is 0 Å². The normalized spacial score (nSPS) is 10.6. The Morgan fingerprint density at radius 3 is 2.84 bits per heavy atom. The van der Waals surface area contributed by atoms with Gasteiger partial charge in [0.25, 0.3) is 0 Å². The van der Waals surface area contributed by atoms with Crippen LogP contribution in [0.1, 0.15) is 0 Å². The third-order valence-corrected chi connectivity index (χ3v) is 3.99. The van der Waals surface area contributed by atoms with E-state index in [0.717, 1.165) is 26.8 Å². The van der Waals surface area contributed by atoms with Gasteiger partial charge >= 0.3 is 0 Å². The standard InChI is InChI=1S/C14H11ClN2OS/c1-18-9-6-7-10(15)12(8-9)17-14-16-11-4-2-3-5-13(11)19-14/h2-8H,1H3,(H,16,17). The van der Waals surface area contributed by atoms with Crippen LogP contribution in [0.5, 0.6) is 5.75 Å². The Morgan fingerprint density at radius 2 is 2.05 bits per heavy atom. The van der Waals surface area contributed by atoms with Crippen LogP contribution in [0.2, 0.25) is 5.02 Å². The molecule has 0 unspecified atom stereocenters. The van der Waals surface area contributed by atoms with Gasteiger partial charge in [-0.15, -0.1) is 0 Å². The summed E-state index contributed by atoms with van der Waals surface area (Å²) in [6.45, 7) is 0. The lowest BCUT2D eigenvalue weighted by atomic mass is 10.3. The first kappa shape index (κ1) is 12.3. The number of nitrogens with zero attached hydrogens (tertiary/aromatic N) is 1. The van der Waals surface area contributed by atoms with E-state index >= 15 is 0 Å². The molecule has 0 fully saturated rings. The molecule has 0 saturated carbocycles. The smallest absolute Gasteiger partial charge is 0.188 e. The van der Waals surface area contributed by atoms with E-state index in [4.69, 9.17) is 16.3 Å². The van der Waals surface area contributed by atoms with Gasteiger partial charge in [0.2, 0.25) is 0 Å². The summed E-state index contributed by atoms with van der Waals surface area (Å²) in [5.74, 6) is 0.757. The second-order valence-electron chi connectivity index (χ2n) is 3.96. The van der Waals surface area contributed by atoms with Gasteiger partial charge in [-0.1, -0.05) is 35.1 Å². The minimum absolute atomic E-state index is 0.639. The van der Waals surface area contributed by atoms with E-state index in [9.17, 15) is 0 Å². The summed E-state index contributed by atoms with van der Waals surface area (Å²) < 4.78 is 6.33. The fourth-order valence-electron chi connectivity index (χ4n) is 1.77. The summed E-state index contributed by atoms with van der Waals surface area (Å²) in [5.41, 5.74) is 1.77. The highest BCUT2D eigenvalue weighted by molar-refractivity contribution is 7.22. The van der Waals surface area contributed by atoms with Gasteiger partial charge in [0, 0.05) is 6.07 Å². The molecular weight excluding hydrogens is 280 g/mol. The molecule has 3 aromatic rings. The minimum Gasteiger partial charge on any atom is -0.497 e. The molecule has 1 heterocycles. The van der Waals surface area contributed by atoms with Crippen molar-refractivity contribution in [3.05, 3.63) is 47.5 Å². The molecular formula is C14H11ClN2OS. The third kappa shape index (κ3) is 2.50. The number of hydrogen-bond acceptors (Lipinski definition) is 4. The number of aromatic nitrogens is 1. The number of anilines is 2. The van der Waals surface area contributed by atoms with Crippen LogP contribution in [0.3, 0.4) is 0 Å². The molecule has 5 heteroatoms. The van der Waals surface area contributed by atoms with Crippen LogP contribution in [0.15, 0.2) is 42.5 Å². The van der Waals surface area contributed by atoms with E-state index in [1.807, 2.05) is 36.4 Å². The van der Waals surface area contributed by atoms with Crippen LogP contribution < -0.4 is 10.1 Å². The van der Waals surface area contributed by atoms with E-state index < -0.39 is 0 Å². The third-order valence-electron chi connectivity index (χ3n) is 2.71. The maximum Gasteiger partial charge on any atom is 0.188 e. The number of nitrogens with one attached hydrogen (secondary N) is 1. The maximum absolute atomic E-state index is 6.16. The summed E-state index contributed by atoms with van der Waals surface area (Å²) in [6, 6.07) is 13.5. The SMILES string of the molecule is COc1ccc(Cl)c(Nc2nc3ccccc3s2)c1. The molecule has 0 aliphatic rings. The molecule has 0 amide bonds.